The van der Waals surface area contributed by atoms with E-state index >= 15 is 0 Å². The van der Waals surface area contributed by atoms with Crippen molar-refractivity contribution < 1.29 is 4.42 Å². The number of para-hydroxylation sites is 3. The van der Waals surface area contributed by atoms with E-state index in [2.05, 4.69) is 20.5 Å². The van der Waals surface area contributed by atoms with Gasteiger partial charge in [-0.3, -0.25) is 9.48 Å². The van der Waals surface area contributed by atoms with Crippen LogP contribution in [0.15, 0.2) is 69.0 Å². The minimum atomic E-state index is -0.199. The van der Waals surface area contributed by atoms with E-state index < -0.39 is 0 Å². The molecule has 1 unspecified atom stereocenters. The van der Waals surface area contributed by atoms with Crippen LogP contribution in [-0.4, -0.2) is 34.6 Å². The Bertz CT molecular complexity index is 1400. The summed E-state index contributed by atoms with van der Waals surface area (Å²) in [5, 5.41) is 12.4. The van der Waals surface area contributed by atoms with E-state index in [1.807, 2.05) is 75.5 Å². The van der Waals surface area contributed by atoms with Gasteiger partial charge in [-0.05, 0) is 48.5 Å². The Kier molecular flexibility index (Phi) is 4.70. The number of tetrazole rings is 1. The number of fused-ring (bicyclic) bond motifs is 1. The molecule has 156 valence electrons. The van der Waals surface area contributed by atoms with Crippen molar-refractivity contribution in [1.29, 1.82) is 0 Å². The van der Waals surface area contributed by atoms with E-state index in [-0.39, 0.29) is 10.8 Å². The van der Waals surface area contributed by atoms with Crippen LogP contribution in [0.5, 0.6) is 0 Å². The lowest BCUT2D eigenvalue weighted by molar-refractivity contribution is 0.533. The number of oxazole rings is 1. The van der Waals surface area contributed by atoms with E-state index in [1.165, 1.54) is 16.4 Å². The molecule has 0 aliphatic heterocycles. The molecule has 2 aromatic carbocycles. The van der Waals surface area contributed by atoms with Gasteiger partial charge < -0.3 is 4.42 Å². The zero-order valence-electron chi connectivity index (χ0n) is 17.1. The summed E-state index contributed by atoms with van der Waals surface area (Å²) in [5.74, 6) is 0.576. The molecule has 0 fully saturated rings. The van der Waals surface area contributed by atoms with Gasteiger partial charge in [0.15, 0.2) is 11.3 Å². The van der Waals surface area contributed by atoms with Crippen molar-refractivity contribution in [2.75, 3.05) is 0 Å². The highest BCUT2D eigenvalue weighted by Crippen LogP contribution is 2.35. The van der Waals surface area contributed by atoms with Crippen molar-refractivity contribution in [3.8, 4) is 11.4 Å². The van der Waals surface area contributed by atoms with Crippen molar-refractivity contribution in [2.24, 2.45) is 7.05 Å². The molecule has 3 aromatic heterocycles. The SMILES string of the molecule is Cc1c(-n2nnnc2SC(C)c2nc3ccccc3o2)c(=O)n(-c2ccccc2)n1C. The van der Waals surface area contributed by atoms with Crippen molar-refractivity contribution in [1.82, 2.24) is 34.6 Å². The normalized spacial score (nSPS) is 12.5. The molecule has 0 spiro atoms. The summed E-state index contributed by atoms with van der Waals surface area (Å²) in [4.78, 5) is 17.9. The number of nitrogens with zero attached hydrogens (tertiary/aromatic N) is 7. The highest BCUT2D eigenvalue weighted by molar-refractivity contribution is 7.99. The number of hydrogen-bond donors (Lipinski definition) is 0. The molecule has 0 bridgehead atoms. The first kappa shape index (κ1) is 19.3. The van der Waals surface area contributed by atoms with Gasteiger partial charge >= 0.3 is 0 Å². The molecule has 0 N–H and O–H groups in total. The van der Waals surface area contributed by atoms with E-state index in [1.54, 1.807) is 9.36 Å². The highest BCUT2D eigenvalue weighted by atomic mass is 32.2. The van der Waals surface area contributed by atoms with Gasteiger partial charge in [-0.2, -0.15) is 4.68 Å². The molecule has 0 aliphatic carbocycles. The molecule has 10 heteroatoms. The summed E-state index contributed by atoms with van der Waals surface area (Å²) >= 11 is 1.38. The number of thioether (sulfide) groups is 1. The van der Waals surface area contributed by atoms with Crippen LogP contribution in [0.2, 0.25) is 0 Å². The Morgan fingerprint density at radius 1 is 1.06 bits per heavy atom. The highest BCUT2D eigenvalue weighted by Gasteiger charge is 2.24. The first-order chi connectivity index (χ1) is 15.0. The number of rotatable bonds is 5. The van der Waals surface area contributed by atoms with Gasteiger partial charge in [-0.1, -0.05) is 42.1 Å². The topological polar surface area (TPSA) is 96.6 Å². The molecule has 3 heterocycles. The van der Waals surface area contributed by atoms with E-state index in [4.69, 9.17) is 4.42 Å². The molecule has 1 atom stereocenters. The lowest BCUT2D eigenvalue weighted by atomic mass is 10.3. The maximum Gasteiger partial charge on any atom is 0.297 e. The number of aromatic nitrogens is 7. The number of hydrogen-bond acceptors (Lipinski definition) is 7. The fraction of sp³-hybridized carbons (Fsp3) is 0.190. The number of benzene rings is 2. The van der Waals surface area contributed by atoms with Gasteiger partial charge in [0, 0.05) is 7.05 Å². The molecule has 0 saturated heterocycles. The summed E-state index contributed by atoms with van der Waals surface area (Å²) < 4.78 is 10.8. The van der Waals surface area contributed by atoms with Crippen LogP contribution >= 0.6 is 11.8 Å². The van der Waals surface area contributed by atoms with Gasteiger partial charge in [-0.25, -0.2) is 9.67 Å². The third kappa shape index (κ3) is 3.25. The van der Waals surface area contributed by atoms with Gasteiger partial charge in [0.25, 0.3) is 5.56 Å². The van der Waals surface area contributed by atoms with Crippen LogP contribution in [0.25, 0.3) is 22.5 Å². The van der Waals surface area contributed by atoms with Crippen molar-refractivity contribution >= 4 is 22.9 Å². The summed E-state index contributed by atoms with van der Waals surface area (Å²) in [6.07, 6.45) is 0. The average Bonchev–Trinajstić information content (AvgIpc) is 3.46. The Morgan fingerprint density at radius 3 is 2.58 bits per heavy atom. The Labute approximate surface area is 181 Å². The monoisotopic (exact) mass is 433 g/mol. The Hall–Kier alpha value is -3.66. The largest absolute Gasteiger partial charge is 0.439 e. The summed E-state index contributed by atoms with van der Waals surface area (Å²) in [6.45, 7) is 3.84. The van der Waals surface area contributed by atoms with Gasteiger partial charge in [0.05, 0.1) is 16.6 Å². The molecule has 0 amide bonds. The second-order valence-electron chi connectivity index (χ2n) is 7.06. The minimum absolute atomic E-state index is 0.155. The molecule has 31 heavy (non-hydrogen) atoms. The molecular weight excluding hydrogens is 414 g/mol. The maximum atomic E-state index is 13.3. The van der Waals surface area contributed by atoms with E-state index in [9.17, 15) is 4.79 Å². The summed E-state index contributed by atoms with van der Waals surface area (Å²) in [5.41, 5.74) is 3.26. The zero-order valence-corrected chi connectivity index (χ0v) is 17.9. The molecule has 9 nitrogen and oxygen atoms in total. The second kappa shape index (κ2) is 7.55. The molecule has 5 rings (SSSR count). The van der Waals surface area contributed by atoms with Gasteiger partial charge in [-0.15, -0.1) is 5.10 Å². The molecule has 0 aliphatic rings. The van der Waals surface area contributed by atoms with E-state index in [0.29, 0.717) is 16.7 Å². The molecule has 0 radical (unpaired) electrons. The van der Waals surface area contributed by atoms with Crippen LogP contribution in [0.4, 0.5) is 0 Å². The standard InChI is InChI=1S/C21H19N7O2S/c1-13-18(20(29)28(26(13)3)15-9-5-4-6-10-15)27-21(23-24-25-27)31-14(2)19-22-16-11-7-8-12-17(16)30-19/h4-12,14H,1-3H3. The Balaban J connectivity index is 1.53. The predicted molar refractivity (Wildman–Crippen MR) is 117 cm³/mol. The van der Waals surface area contributed by atoms with Crippen molar-refractivity contribution in [3.05, 3.63) is 76.5 Å². The summed E-state index contributed by atoms with van der Waals surface area (Å²) in [7, 11) is 1.84. The summed E-state index contributed by atoms with van der Waals surface area (Å²) in [6, 6.07) is 17.1. The van der Waals surface area contributed by atoms with Crippen LogP contribution in [0.3, 0.4) is 0 Å². The zero-order chi connectivity index (χ0) is 21.5. The van der Waals surface area contributed by atoms with Gasteiger partial charge in [0.1, 0.15) is 5.52 Å². The Morgan fingerprint density at radius 2 is 1.81 bits per heavy atom. The smallest absolute Gasteiger partial charge is 0.297 e. The average molecular weight is 433 g/mol. The van der Waals surface area contributed by atoms with Crippen LogP contribution in [0, 0.1) is 6.92 Å². The first-order valence-corrected chi connectivity index (χ1v) is 10.6. The quantitative estimate of drug-likeness (QED) is 0.392. The third-order valence-electron chi connectivity index (χ3n) is 5.12. The lowest BCUT2D eigenvalue weighted by Crippen LogP contribution is -2.22. The fourth-order valence-electron chi connectivity index (χ4n) is 3.46. The maximum absolute atomic E-state index is 13.3. The lowest BCUT2D eigenvalue weighted by Gasteiger charge is -2.07. The molecule has 0 saturated carbocycles. The molecule has 5 aromatic rings. The third-order valence-corrected chi connectivity index (χ3v) is 6.14. The predicted octanol–water partition coefficient (Wildman–Crippen LogP) is 3.45. The van der Waals surface area contributed by atoms with Crippen LogP contribution in [0.1, 0.15) is 23.8 Å². The van der Waals surface area contributed by atoms with E-state index in [0.717, 1.165) is 22.5 Å². The van der Waals surface area contributed by atoms with Crippen molar-refractivity contribution in [2.45, 2.75) is 24.3 Å². The van der Waals surface area contributed by atoms with Crippen LogP contribution in [-0.2, 0) is 7.05 Å². The minimum Gasteiger partial charge on any atom is -0.439 e. The fourth-order valence-corrected chi connectivity index (χ4v) is 4.29. The van der Waals surface area contributed by atoms with Crippen molar-refractivity contribution in [3.63, 3.8) is 0 Å². The first-order valence-electron chi connectivity index (χ1n) is 9.69. The molecular formula is C21H19N7O2S. The second-order valence-corrected chi connectivity index (χ2v) is 8.37. The van der Waals surface area contributed by atoms with Crippen LogP contribution < -0.4 is 5.56 Å². The van der Waals surface area contributed by atoms with Gasteiger partial charge in [0.2, 0.25) is 11.0 Å².